The molecule has 244 valence electrons. The number of anilines is 3. The highest BCUT2D eigenvalue weighted by Gasteiger charge is 2.23. The van der Waals surface area contributed by atoms with Crippen molar-refractivity contribution < 1.29 is 22.6 Å². The molecular formula is C39H37N3O5S. The van der Waals surface area contributed by atoms with E-state index in [1.807, 2.05) is 72.8 Å². The van der Waals surface area contributed by atoms with Gasteiger partial charge in [0.15, 0.2) is 10.7 Å². The monoisotopic (exact) mass is 659 g/mol. The Kier molecular flexibility index (Phi) is 10.5. The van der Waals surface area contributed by atoms with E-state index in [2.05, 4.69) is 38.1 Å². The maximum atomic E-state index is 10.7. The molecule has 0 aliphatic rings. The van der Waals surface area contributed by atoms with E-state index >= 15 is 0 Å². The molecule has 0 spiro atoms. The molecule has 0 saturated heterocycles. The summed E-state index contributed by atoms with van der Waals surface area (Å²) in [6.07, 6.45) is 0. The number of hydrogen-bond donors (Lipinski definition) is 4. The zero-order chi connectivity index (χ0) is 34.1. The van der Waals surface area contributed by atoms with Gasteiger partial charge in [0.1, 0.15) is 34.5 Å². The van der Waals surface area contributed by atoms with Crippen LogP contribution in [0.3, 0.4) is 0 Å². The normalized spacial score (nSPS) is 10.9. The van der Waals surface area contributed by atoms with Gasteiger partial charge in [0, 0.05) is 28.5 Å². The summed E-state index contributed by atoms with van der Waals surface area (Å²) in [6, 6.07) is 44.3. The van der Waals surface area contributed by atoms with Crippen molar-refractivity contribution in [3.63, 3.8) is 0 Å². The van der Waals surface area contributed by atoms with E-state index in [4.69, 9.17) is 31.4 Å². The Hall–Kier alpha value is -5.93. The molecule has 0 aromatic heterocycles. The molecule has 0 amide bonds. The number of hydrogen-bond acceptors (Lipinski definition) is 8. The standard InChI is InChI=1S/C27H26N2O2.C12H11NO3S/c1-27(2,19-3-11-23(12-4-19)30-25-15-7-21(28)8-16-25)20-5-13-24(14-6-20)31-26-17-9-22(29)10-18-26;13-9-2-1-3-11(8-9)16-10-4-6-12(7-5-10)17(14)15/h3-18H,28-29H2,1-2H3;1-8,17H,13H2. The highest BCUT2D eigenvalue weighted by molar-refractivity contribution is 7.72. The van der Waals surface area contributed by atoms with Crippen LogP contribution in [0, 0.1) is 0 Å². The summed E-state index contributed by atoms with van der Waals surface area (Å²) in [5.74, 6) is 4.28. The lowest BCUT2D eigenvalue weighted by atomic mass is 9.78. The minimum absolute atomic E-state index is 0.167. The smallest absolute Gasteiger partial charge is 0.168 e. The third-order valence-corrected chi connectivity index (χ3v) is 8.24. The van der Waals surface area contributed by atoms with Crippen molar-refractivity contribution in [1.29, 1.82) is 0 Å². The molecule has 0 aliphatic carbocycles. The SMILES string of the molecule is CC(C)(c1ccc(Oc2ccc(N)cc2)cc1)c1ccc(Oc2ccc(N)cc2)cc1.Nc1cccc(Oc2ccc([SH](=O)=O)cc2)c1. The first-order valence-electron chi connectivity index (χ1n) is 15.1. The fourth-order valence-electron chi connectivity index (χ4n) is 4.74. The zero-order valence-electron chi connectivity index (χ0n) is 26.6. The van der Waals surface area contributed by atoms with Gasteiger partial charge in [-0.3, -0.25) is 0 Å². The molecule has 0 heterocycles. The first kappa shape index (κ1) is 33.4. The predicted octanol–water partition coefficient (Wildman–Crippen LogP) is 8.79. The van der Waals surface area contributed by atoms with Gasteiger partial charge in [-0.2, -0.15) is 0 Å². The van der Waals surface area contributed by atoms with Gasteiger partial charge >= 0.3 is 0 Å². The number of nitrogens with two attached hydrogens (primary N) is 3. The van der Waals surface area contributed by atoms with Gasteiger partial charge in [0.05, 0.1) is 4.90 Å². The van der Waals surface area contributed by atoms with Gasteiger partial charge in [0.2, 0.25) is 0 Å². The minimum atomic E-state index is -2.55. The molecule has 9 heteroatoms. The molecule has 0 fully saturated rings. The van der Waals surface area contributed by atoms with Gasteiger partial charge in [-0.05, 0) is 120 Å². The lowest BCUT2D eigenvalue weighted by Crippen LogP contribution is -2.18. The second-order valence-corrected chi connectivity index (χ2v) is 12.5. The van der Waals surface area contributed by atoms with Crippen LogP contribution in [0.4, 0.5) is 17.1 Å². The van der Waals surface area contributed by atoms with Crippen molar-refractivity contribution in [2.45, 2.75) is 24.2 Å². The van der Waals surface area contributed by atoms with E-state index in [0.717, 1.165) is 23.0 Å². The average molecular weight is 660 g/mol. The highest BCUT2D eigenvalue weighted by atomic mass is 32.2. The summed E-state index contributed by atoms with van der Waals surface area (Å²) in [6.45, 7) is 4.41. The topological polar surface area (TPSA) is 140 Å². The van der Waals surface area contributed by atoms with Gasteiger partial charge in [-0.25, -0.2) is 8.42 Å². The first-order valence-corrected chi connectivity index (χ1v) is 16.3. The van der Waals surface area contributed by atoms with Crippen LogP contribution in [0.5, 0.6) is 34.5 Å². The minimum Gasteiger partial charge on any atom is -0.457 e. The maximum Gasteiger partial charge on any atom is 0.168 e. The van der Waals surface area contributed by atoms with Crippen LogP contribution < -0.4 is 31.4 Å². The summed E-state index contributed by atoms with van der Waals surface area (Å²) >= 11 is 0. The molecule has 6 aromatic carbocycles. The first-order chi connectivity index (χ1) is 23.0. The number of nitrogen functional groups attached to an aromatic ring is 3. The highest BCUT2D eigenvalue weighted by Crippen LogP contribution is 2.35. The average Bonchev–Trinajstić information content (AvgIpc) is 3.08. The molecule has 0 atom stereocenters. The fourth-order valence-corrected chi connectivity index (χ4v) is 5.13. The van der Waals surface area contributed by atoms with Crippen LogP contribution in [0.1, 0.15) is 25.0 Å². The van der Waals surface area contributed by atoms with Gasteiger partial charge in [-0.1, -0.05) is 44.2 Å². The Balaban J connectivity index is 0.000000224. The van der Waals surface area contributed by atoms with Gasteiger partial charge < -0.3 is 31.4 Å². The number of rotatable bonds is 9. The van der Waals surface area contributed by atoms with Crippen molar-refractivity contribution in [1.82, 2.24) is 0 Å². The number of benzene rings is 6. The third kappa shape index (κ3) is 9.08. The predicted molar refractivity (Wildman–Crippen MR) is 193 cm³/mol. The van der Waals surface area contributed by atoms with E-state index in [1.165, 1.54) is 23.3 Å². The van der Waals surface area contributed by atoms with Crippen LogP contribution in [0.2, 0.25) is 0 Å². The van der Waals surface area contributed by atoms with Gasteiger partial charge in [0.25, 0.3) is 0 Å². The Morgan fingerprint density at radius 1 is 0.438 bits per heavy atom. The summed E-state index contributed by atoms with van der Waals surface area (Å²) < 4.78 is 38.7. The molecular weight excluding hydrogens is 623 g/mol. The largest absolute Gasteiger partial charge is 0.457 e. The second-order valence-electron chi connectivity index (χ2n) is 11.4. The van der Waals surface area contributed by atoms with Crippen molar-refractivity contribution in [3.05, 3.63) is 157 Å². The number of ether oxygens (including phenoxy) is 3. The van der Waals surface area contributed by atoms with E-state index in [0.29, 0.717) is 28.6 Å². The third-order valence-electron chi connectivity index (χ3n) is 7.52. The lowest BCUT2D eigenvalue weighted by Gasteiger charge is -2.26. The molecule has 6 rings (SSSR count). The number of thiol groups is 1. The Morgan fingerprint density at radius 3 is 1.17 bits per heavy atom. The molecule has 0 unspecified atom stereocenters. The van der Waals surface area contributed by atoms with Crippen molar-refractivity contribution in [3.8, 4) is 34.5 Å². The van der Waals surface area contributed by atoms with Crippen LogP contribution in [-0.2, 0) is 16.1 Å². The Morgan fingerprint density at radius 2 is 0.792 bits per heavy atom. The van der Waals surface area contributed by atoms with Crippen LogP contribution >= 0.6 is 0 Å². The summed E-state index contributed by atoms with van der Waals surface area (Å²) in [7, 11) is -2.55. The van der Waals surface area contributed by atoms with Crippen molar-refractivity contribution in [2.75, 3.05) is 17.2 Å². The van der Waals surface area contributed by atoms with E-state index < -0.39 is 10.7 Å². The van der Waals surface area contributed by atoms with E-state index in [-0.39, 0.29) is 10.3 Å². The van der Waals surface area contributed by atoms with Gasteiger partial charge in [-0.15, -0.1) is 0 Å². The molecule has 48 heavy (non-hydrogen) atoms. The zero-order valence-corrected chi connectivity index (χ0v) is 27.5. The Bertz CT molecular complexity index is 1910. The van der Waals surface area contributed by atoms with Crippen LogP contribution in [0.25, 0.3) is 0 Å². The fraction of sp³-hybridized carbons (Fsp3) is 0.0769. The second kappa shape index (κ2) is 15.1. The summed E-state index contributed by atoms with van der Waals surface area (Å²) in [4.78, 5) is 0.264. The molecule has 0 radical (unpaired) electrons. The Labute approximate surface area is 282 Å². The maximum absolute atomic E-state index is 10.7. The summed E-state index contributed by atoms with van der Waals surface area (Å²) in [5, 5.41) is 0. The molecule has 0 saturated carbocycles. The van der Waals surface area contributed by atoms with E-state index in [1.54, 1.807) is 36.4 Å². The molecule has 0 bridgehead atoms. The van der Waals surface area contributed by atoms with Crippen LogP contribution in [0.15, 0.2) is 150 Å². The summed E-state index contributed by atoms with van der Waals surface area (Å²) in [5.41, 5.74) is 21.3. The lowest BCUT2D eigenvalue weighted by molar-refractivity contribution is 0.481. The molecule has 6 aromatic rings. The van der Waals surface area contributed by atoms with Crippen molar-refractivity contribution >= 4 is 27.8 Å². The van der Waals surface area contributed by atoms with E-state index in [9.17, 15) is 8.42 Å². The molecule has 6 N–H and O–H groups in total. The molecule has 0 aliphatic heterocycles. The van der Waals surface area contributed by atoms with Crippen LogP contribution in [-0.4, -0.2) is 8.42 Å². The molecule has 8 nitrogen and oxygen atoms in total. The quantitative estimate of drug-likeness (QED) is 0.0892. The van der Waals surface area contributed by atoms with Crippen molar-refractivity contribution in [2.24, 2.45) is 0 Å².